The van der Waals surface area contributed by atoms with Gasteiger partial charge in [-0.2, -0.15) is 5.10 Å². The van der Waals surface area contributed by atoms with E-state index in [1.54, 1.807) is 24.3 Å². The zero-order chi connectivity index (χ0) is 14.5. The standard InChI is InChI=1S/C13H11N3O4/c17-11-6-5-10(15-16-11)13(20)14-9-4-2-1-3-8(9)7-12(18)19/h1-6H,7H2,(H,14,20)(H,16,17)(H,18,19). The number of benzene rings is 1. The molecule has 20 heavy (non-hydrogen) atoms. The van der Waals surface area contributed by atoms with Gasteiger partial charge in [0.15, 0.2) is 0 Å². The summed E-state index contributed by atoms with van der Waals surface area (Å²) in [5.41, 5.74) is 0.508. The summed E-state index contributed by atoms with van der Waals surface area (Å²) in [7, 11) is 0. The molecule has 0 bridgehead atoms. The van der Waals surface area contributed by atoms with Crippen molar-refractivity contribution in [3.8, 4) is 0 Å². The van der Waals surface area contributed by atoms with Gasteiger partial charge in [-0.15, -0.1) is 0 Å². The van der Waals surface area contributed by atoms with Crippen LogP contribution in [0.15, 0.2) is 41.2 Å². The number of carbonyl (C=O) groups is 2. The van der Waals surface area contributed by atoms with E-state index in [0.717, 1.165) is 0 Å². The summed E-state index contributed by atoms with van der Waals surface area (Å²) in [5.74, 6) is -1.52. The molecule has 0 aliphatic carbocycles. The molecule has 7 heteroatoms. The fourth-order valence-corrected chi connectivity index (χ4v) is 1.62. The molecule has 1 amide bonds. The van der Waals surface area contributed by atoms with Crippen LogP contribution in [0.5, 0.6) is 0 Å². The molecule has 0 spiro atoms. The molecule has 1 aromatic heterocycles. The van der Waals surface area contributed by atoms with Gasteiger partial charge in [0.1, 0.15) is 5.69 Å². The van der Waals surface area contributed by atoms with Crippen LogP contribution in [-0.2, 0) is 11.2 Å². The summed E-state index contributed by atoms with van der Waals surface area (Å²) in [6.45, 7) is 0. The monoisotopic (exact) mass is 273 g/mol. The first kappa shape index (κ1) is 13.5. The predicted molar refractivity (Wildman–Crippen MR) is 70.6 cm³/mol. The number of carboxylic acids is 1. The van der Waals surface area contributed by atoms with Gasteiger partial charge in [0, 0.05) is 11.8 Å². The van der Waals surface area contributed by atoms with Gasteiger partial charge in [-0.1, -0.05) is 18.2 Å². The van der Waals surface area contributed by atoms with Crippen LogP contribution in [0.1, 0.15) is 16.1 Å². The third kappa shape index (κ3) is 3.29. The van der Waals surface area contributed by atoms with Crippen molar-refractivity contribution in [1.82, 2.24) is 10.2 Å². The van der Waals surface area contributed by atoms with Crippen molar-refractivity contribution in [2.45, 2.75) is 6.42 Å². The van der Waals surface area contributed by atoms with E-state index in [4.69, 9.17) is 5.11 Å². The molecule has 0 atom stereocenters. The lowest BCUT2D eigenvalue weighted by atomic mass is 10.1. The largest absolute Gasteiger partial charge is 0.481 e. The minimum absolute atomic E-state index is 0.0368. The van der Waals surface area contributed by atoms with Gasteiger partial charge in [-0.25, -0.2) is 5.10 Å². The summed E-state index contributed by atoms with van der Waals surface area (Å²) in [6, 6.07) is 9.05. The number of hydrogen-bond acceptors (Lipinski definition) is 4. The number of aromatic nitrogens is 2. The van der Waals surface area contributed by atoms with Crippen LogP contribution in [0, 0.1) is 0 Å². The number of aliphatic carboxylic acids is 1. The first-order valence-corrected chi connectivity index (χ1v) is 5.73. The summed E-state index contributed by atoms with van der Waals surface area (Å²) >= 11 is 0. The van der Waals surface area contributed by atoms with Crippen molar-refractivity contribution in [3.63, 3.8) is 0 Å². The van der Waals surface area contributed by atoms with Crippen molar-refractivity contribution < 1.29 is 14.7 Å². The van der Waals surface area contributed by atoms with Gasteiger partial charge >= 0.3 is 5.97 Å². The van der Waals surface area contributed by atoms with E-state index in [-0.39, 0.29) is 12.1 Å². The molecule has 0 aliphatic heterocycles. The molecule has 0 saturated heterocycles. The Morgan fingerprint density at radius 2 is 1.95 bits per heavy atom. The van der Waals surface area contributed by atoms with E-state index in [2.05, 4.69) is 15.5 Å². The second-order valence-electron chi connectivity index (χ2n) is 3.99. The van der Waals surface area contributed by atoms with Gasteiger partial charge in [-0.05, 0) is 17.7 Å². The molecule has 3 N–H and O–H groups in total. The van der Waals surface area contributed by atoms with E-state index >= 15 is 0 Å². The number of nitrogens with one attached hydrogen (secondary N) is 2. The van der Waals surface area contributed by atoms with E-state index in [1.807, 2.05) is 0 Å². The molecule has 2 aromatic rings. The van der Waals surface area contributed by atoms with Crippen LogP contribution in [0.25, 0.3) is 0 Å². The Balaban J connectivity index is 2.21. The van der Waals surface area contributed by atoms with Gasteiger partial charge < -0.3 is 10.4 Å². The Labute approximate surface area is 113 Å². The van der Waals surface area contributed by atoms with Crippen molar-refractivity contribution in [1.29, 1.82) is 0 Å². The minimum Gasteiger partial charge on any atom is -0.481 e. The maximum absolute atomic E-state index is 11.9. The normalized spacial score (nSPS) is 10.0. The topological polar surface area (TPSA) is 112 Å². The molecule has 1 heterocycles. The molecule has 2 rings (SSSR count). The summed E-state index contributed by atoms with van der Waals surface area (Å²) in [5, 5.41) is 17.1. The molecular weight excluding hydrogens is 262 g/mol. The van der Waals surface area contributed by atoms with E-state index in [1.165, 1.54) is 12.1 Å². The Bertz CT molecular complexity index is 688. The highest BCUT2D eigenvalue weighted by Gasteiger charge is 2.11. The number of anilines is 1. The number of rotatable bonds is 4. The van der Waals surface area contributed by atoms with Crippen LogP contribution in [0.2, 0.25) is 0 Å². The number of amides is 1. The fraction of sp³-hybridized carbons (Fsp3) is 0.0769. The zero-order valence-corrected chi connectivity index (χ0v) is 10.3. The Kier molecular flexibility index (Phi) is 3.90. The van der Waals surface area contributed by atoms with Gasteiger partial charge in [0.2, 0.25) is 0 Å². The quantitative estimate of drug-likeness (QED) is 0.757. The van der Waals surface area contributed by atoms with Crippen LogP contribution < -0.4 is 10.9 Å². The maximum atomic E-state index is 11.9. The SMILES string of the molecule is O=C(O)Cc1ccccc1NC(=O)c1ccc(=O)[nH]n1. The highest BCUT2D eigenvalue weighted by Crippen LogP contribution is 2.16. The first-order valence-electron chi connectivity index (χ1n) is 5.73. The number of nitrogens with zero attached hydrogens (tertiary/aromatic N) is 1. The Hall–Kier alpha value is -2.96. The highest BCUT2D eigenvalue weighted by molar-refractivity contribution is 6.03. The molecule has 102 valence electrons. The Morgan fingerprint density at radius 1 is 1.20 bits per heavy atom. The van der Waals surface area contributed by atoms with Crippen LogP contribution in [0.4, 0.5) is 5.69 Å². The van der Waals surface area contributed by atoms with Gasteiger partial charge in [-0.3, -0.25) is 14.4 Å². The number of hydrogen-bond donors (Lipinski definition) is 3. The Morgan fingerprint density at radius 3 is 2.60 bits per heavy atom. The maximum Gasteiger partial charge on any atom is 0.307 e. The third-order valence-electron chi connectivity index (χ3n) is 2.52. The number of carboxylic acid groups (broad SMARTS) is 1. The molecule has 0 unspecified atom stereocenters. The second kappa shape index (κ2) is 5.79. The molecule has 0 aliphatic rings. The van der Waals surface area contributed by atoms with Crippen molar-refractivity contribution in [2.24, 2.45) is 0 Å². The summed E-state index contributed by atoms with van der Waals surface area (Å²) in [6.07, 6.45) is -0.199. The molecule has 0 fully saturated rings. The minimum atomic E-state index is -0.992. The molecule has 0 radical (unpaired) electrons. The first-order chi connectivity index (χ1) is 9.56. The van der Waals surface area contributed by atoms with Crippen molar-refractivity contribution in [2.75, 3.05) is 5.32 Å². The second-order valence-corrected chi connectivity index (χ2v) is 3.99. The number of aromatic amines is 1. The van der Waals surface area contributed by atoms with Crippen LogP contribution in [-0.4, -0.2) is 27.2 Å². The van der Waals surface area contributed by atoms with Gasteiger partial charge in [0.05, 0.1) is 6.42 Å². The van der Waals surface area contributed by atoms with Crippen LogP contribution in [0.3, 0.4) is 0 Å². The number of para-hydroxylation sites is 1. The lowest BCUT2D eigenvalue weighted by Gasteiger charge is -2.08. The van der Waals surface area contributed by atoms with Crippen molar-refractivity contribution >= 4 is 17.6 Å². The third-order valence-corrected chi connectivity index (χ3v) is 2.52. The molecule has 7 nitrogen and oxygen atoms in total. The highest BCUT2D eigenvalue weighted by atomic mass is 16.4. The fourth-order valence-electron chi connectivity index (χ4n) is 1.62. The predicted octanol–water partition coefficient (Wildman–Crippen LogP) is 0.649. The number of H-pyrrole nitrogens is 1. The average molecular weight is 273 g/mol. The van der Waals surface area contributed by atoms with E-state index < -0.39 is 17.4 Å². The van der Waals surface area contributed by atoms with E-state index in [9.17, 15) is 14.4 Å². The lowest BCUT2D eigenvalue weighted by Crippen LogP contribution is -2.18. The number of carbonyl (C=O) groups excluding carboxylic acids is 1. The molecule has 1 aromatic carbocycles. The van der Waals surface area contributed by atoms with Crippen LogP contribution >= 0.6 is 0 Å². The summed E-state index contributed by atoms with van der Waals surface area (Å²) < 4.78 is 0. The smallest absolute Gasteiger partial charge is 0.307 e. The molecular formula is C13H11N3O4. The molecule has 0 saturated carbocycles. The zero-order valence-electron chi connectivity index (χ0n) is 10.3. The van der Waals surface area contributed by atoms with E-state index in [0.29, 0.717) is 11.3 Å². The lowest BCUT2D eigenvalue weighted by molar-refractivity contribution is -0.136. The van der Waals surface area contributed by atoms with Crippen molar-refractivity contribution in [3.05, 3.63) is 58.0 Å². The van der Waals surface area contributed by atoms with Gasteiger partial charge in [0.25, 0.3) is 11.5 Å². The average Bonchev–Trinajstić information content (AvgIpc) is 2.41. The summed E-state index contributed by atoms with van der Waals surface area (Å²) in [4.78, 5) is 33.5.